The molecule has 1 amide bonds. The van der Waals surface area contributed by atoms with Crippen LogP contribution in [0.5, 0.6) is 0 Å². The van der Waals surface area contributed by atoms with Gasteiger partial charge < -0.3 is 14.2 Å². The van der Waals surface area contributed by atoms with E-state index in [9.17, 15) is 14.4 Å². The summed E-state index contributed by atoms with van der Waals surface area (Å²) < 4.78 is 6.78. The number of amides is 1. The van der Waals surface area contributed by atoms with Crippen molar-refractivity contribution in [1.82, 2.24) is 9.47 Å². The normalized spacial score (nSPS) is 13.0. The molecule has 1 unspecified atom stereocenters. The van der Waals surface area contributed by atoms with Gasteiger partial charge in [-0.15, -0.1) is 0 Å². The van der Waals surface area contributed by atoms with E-state index in [4.69, 9.17) is 4.74 Å². The molecule has 1 aromatic rings. The van der Waals surface area contributed by atoms with Crippen LogP contribution in [0.15, 0.2) is 10.9 Å². The maximum atomic E-state index is 13.5. The molecule has 1 heterocycles. The molecule has 0 saturated carbocycles. The Kier molecular flexibility index (Phi) is 11.6. The van der Waals surface area contributed by atoms with Crippen LogP contribution in [0.25, 0.3) is 0 Å². The summed E-state index contributed by atoms with van der Waals surface area (Å²) in [5, 5.41) is 0. The number of hydrogen-bond donors (Lipinski definition) is 0. The highest BCUT2D eigenvalue weighted by Crippen LogP contribution is 2.20. The van der Waals surface area contributed by atoms with Gasteiger partial charge in [-0.3, -0.25) is 9.59 Å². The van der Waals surface area contributed by atoms with Crippen LogP contribution >= 0.6 is 0 Å². The van der Waals surface area contributed by atoms with Gasteiger partial charge in [0.2, 0.25) is 0 Å². The molecular formula is C25H42N2O4. The Morgan fingerprint density at radius 3 is 2.23 bits per heavy atom. The number of methoxy groups -OCH3 is 1. The maximum Gasteiger partial charge on any atom is 0.328 e. The van der Waals surface area contributed by atoms with E-state index in [2.05, 4.69) is 20.8 Å². The number of hydrogen-bond acceptors (Lipinski definition) is 4. The first-order valence-electron chi connectivity index (χ1n) is 11.9. The van der Waals surface area contributed by atoms with Gasteiger partial charge in [-0.05, 0) is 43.2 Å². The molecular weight excluding hydrogens is 392 g/mol. The minimum Gasteiger partial charge on any atom is -0.467 e. The number of ether oxygens (including phenoxy) is 1. The van der Waals surface area contributed by atoms with Crippen molar-refractivity contribution in [2.45, 2.75) is 98.6 Å². The second-order valence-electron chi connectivity index (χ2n) is 8.46. The standard InChI is InChI=1S/C25H42N2O4/c1-8-12-15-21-19(14-10-3)17-20(24(29)27(21)16-13-9-2)23(28)26(6)22(18(5)11-4)25(30)31-7/h17-18,22H,8-16H2,1-7H3/t18?,22-/m0/s1. The monoisotopic (exact) mass is 434 g/mol. The Balaban J connectivity index is 3.57. The van der Waals surface area contributed by atoms with Crippen molar-refractivity contribution >= 4 is 11.9 Å². The second-order valence-corrected chi connectivity index (χ2v) is 8.46. The third kappa shape index (κ3) is 6.68. The lowest BCUT2D eigenvalue weighted by atomic mass is 9.96. The second kappa shape index (κ2) is 13.3. The number of likely N-dealkylation sites (N-methyl/N-ethyl adjacent to an activating group) is 1. The first-order valence-corrected chi connectivity index (χ1v) is 11.9. The van der Waals surface area contributed by atoms with E-state index >= 15 is 0 Å². The van der Waals surface area contributed by atoms with Gasteiger partial charge in [-0.1, -0.05) is 60.3 Å². The Labute approximate surface area is 188 Å². The van der Waals surface area contributed by atoms with Crippen LogP contribution in [0.4, 0.5) is 0 Å². The van der Waals surface area contributed by atoms with Crippen molar-refractivity contribution in [2.24, 2.45) is 5.92 Å². The lowest BCUT2D eigenvalue weighted by molar-refractivity contribution is -0.147. The molecule has 1 rings (SSSR count). The molecule has 0 saturated heterocycles. The molecule has 31 heavy (non-hydrogen) atoms. The molecule has 0 radical (unpaired) electrons. The minimum absolute atomic E-state index is 0.0809. The largest absolute Gasteiger partial charge is 0.467 e. The lowest BCUT2D eigenvalue weighted by Gasteiger charge is -2.30. The SMILES string of the molecule is CCCCc1c(CCC)cc(C(=O)N(C)[C@H](C(=O)OC)C(C)CC)c(=O)n1CCCC. The highest BCUT2D eigenvalue weighted by atomic mass is 16.5. The average molecular weight is 435 g/mol. The van der Waals surface area contributed by atoms with Crippen molar-refractivity contribution < 1.29 is 14.3 Å². The van der Waals surface area contributed by atoms with E-state index < -0.39 is 17.9 Å². The van der Waals surface area contributed by atoms with E-state index in [0.717, 1.165) is 62.6 Å². The summed E-state index contributed by atoms with van der Waals surface area (Å²) in [6.45, 7) is 10.8. The fourth-order valence-electron chi connectivity index (χ4n) is 4.02. The molecule has 0 spiro atoms. The van der Waals surface area contributed by atoms with Crippen LogP contribution in [0.2, 0.25) is 0 Å². The van der Waals surface area contributed by atoms with E-state index in [0.29, 0.717) is 6.54 Å². The Bertz CT molecular complexity index is 784. The Morgan fingerprint density at radius 2 is 1.71 bits per heavy atom. The van der Waals surface area contributed by atoms with Crippen LogP contribution in [0, 0.1) is 5.92 Å². The maximum absolute atomic E-state index is 13.5. The van der Waals surface area contributed by atoms with E-state index in [-0.39, 0.29) is 17.0 Å². The van der Waals surface area contributed by atoms with Gasteiger partial charge in [-0.2, -0.15) is 0 Å². The van der Waals surface area contributed by atoms with Gasteiger partial charge in [0.25, 0.3) is 11.5 Å². The van der Waals surface area contributed by atoms with Crippen molar-refractivity contribution in [3.05, 3.63) is 33.2 Å². The zero-order valence-corrected chi connectivity index (χ0v) is 20.6. The lowest BCUT2D eigenvalue weighted by Crippen LogP contribution is -2.48. The van der Waals surface area contributed by atoms with Crippen LogP contribution in [-0.4, -0.2) is 41.5 Å². The third-order valence-electron chi connectivity index (χ3n) is 6.11. The molecule has 0 aliphatic carbocycles. The molecule has 2 atom stereocenters. The molecule has 6 heteroatoms. The number of rotatable bonds is 13. The fraction of sp³-hybridized carbons (Fsp3) is 0.720. The molecule has 1 aromatic heterocycles. The van der Waals surface area contributed by atoms with Gasteiger partial charge >= 0.3 is 5.97 Å². The number of nitrogens with zero attached hydrogens (tertiary/aromatic N) is 2. The summed E-state index contributed by atoms with van der Waals surface area (Å²) in [6.07, 6.45) is 7.23. The van der Waals surface area contributed by atoms with Gasteiger partial charge in [0.05, 0.1) is 7.11 Å². The molecule has 0 aromatic carbocycles. The number of carbonyl (C=O) groups is 2. The molecule has 176 valence electrons. The van der Waals surface area contributed by atoms with E-state index in [1.807, 2.05) is 18.4 Å². The summed E-state index contributed by atoms with van der Waals surface area (Å²) in [7, 11) is 2.92. The number of pyridine rings is 1. The number of esters is 1. The highest BCUT2D eigenvalue weighted by molar-refractivity contribution is 5.96. The predicted octanol–water partition coefficient (Wildman–Crippen LogP) is 4.60. The molecule has 0 fully saturated rings. The summed E-state index contributed by atoms with van der Waals surface area (Å²) in [6, 6.07) is 1.06. The van der Waals surface area contributed by atoms with Crippen molar-refractivity contribution in [1.29, 1.82) is 0 Å². The fourth-order valence-corrected chi connectivity index (χ4v) is 4.02. The quantitative estimate of drug-likeness (QED) is 0.425. The summed E-state index contributed by atoms with van der Waals surface area (Å²) in [5.41, 5.74) is 2.04. The summed E-state index contributed by atoms with van der Waals surface area (Å²) >= 11 is 0. The molecule has 0 aliphatic heterocycles. The number of aromatic nitrogens is 1. The zero-order chi connectivity index (χ0) is 23.6. The van der Waals surface area contributed by atoms with Crippen molar-refractivity contribution in [3.63, 3.8) is 0 Å². The number of unbranched alkanes of at least 4 members (excludes halogenated alkanes) is 2. The van der Waals surface area contributed by atoms with E-state index in [1.165, 1.54) is 12.0 Å². The third-order valence-corrected chi connectivity index (χ3v) is 6.11. The average Bonchev–Trinajstić information content (AvgIpc) is 2.77. The van der Waals surface area contributed by atoms with Gasteiger partial charge in [0.15, 0.2) is 0 Å². The molecule has 0 bridgehead atoms. The molecule has 6 nitrogen and oxygen atoms in total. The topological polar surface area (TPSA) is 68.6 Å². The smallest absolute Gasteiger partial charge is 0.328 e. The highest BCUT2D eigenvalue weighted by Gasteiger charge is 2.34. The first-order chi connectivity index (χ1) is 14.8. The van der Waals surface area contributed by atoms with Crippen LogP contribution in [0.3, 0.4) is 0 Å². The first kappa shape index (κ1) is 26.9. The summed E-state index contributed by atoms with van der Waals surface area (Å²) in [5.74, 6) is -0.946. The van der Waals surface area contributed by atoms with Crippen molar-refractivity contribution in [2.75, 3.05) is 14.2 Å². The molecule has 0 aliphatic rings. The van der Waals surface area contributed by atoms with Crippen molar-refractivity contribution in [3.8, 4) is 0 Å². The van der Waals surface area contributed by atoms with Crippen LogP contribution in [-0.2, 0) is 28.9 Å². The minimum atomic E-state index is -0.722. The predicted molar refractivity (Wildman–Crippen MR) is 126 cm³/mol. The Morgan fingerprint density at radius 1 is 1.06 bits per heavy atom. The number of aryl methyl sites for hydroxylation is 1. The molecule has 0 N–H and O–H groups in total. The summed E-state index contributed by atoms with van der Waals surface area (Å²) in [4.78, 5) is 40.7. The van der Waals surface area contributed by atoms with Crippen LogP contribution < -0.4 is 5.56 Å². The number of carbonyl (C=O) groups excluding carboxylic acids is 2. The van der Waals surface area contributed by atoms with Gasteiger partial charge in [0.1, 0.15) is 11.6 Å². The van der Waals surface area contributed by atoms with Gasteiger partial charge in [0, 0.05) is 19.3 Å². The van der Waals surface area contributed by atoms with E-state index in [1.54, 1.807) is 13.1 Å². The zero-order valence-electron chi connectivity index (χ0n) is 20.6. The Hall–Kier alpha value is -2.11. The van der Waals surface area contributed by atoms with Gasteiger partial charge in [-0.25, -0.2) is 4.79 Å². The van der Waals surface area contributed by atoms with Crippen LogP contribution in [0.1, 0.15) is 94.8 Å².